The van der Waals surface area contributed by atoms with E-state index in [0.29, 0.717) is 0 Å². The van der Waals surface area contributed by atoms with E-state index in [-0.39, 0.29) is 0 Å². The van der Waals surface area contributed by atoms with Crippen molar-refractivity contribution in [2.45, 2.75) is 18.2 Å². The third-order valence-electron chi connectivity index (χ3n) is 3.45. The van der Waals surface area contributed by atoms with Crippen LogP contribution in [0.1, 0.15) is 18.4 Å². The second-order valence-corrected chi connectivity index (χ2v) is 6.27. The fourth-order valence-electron chi connectivity index (χ4n) is 2.36. The minimum Gasteiger partial charge on any atom is -0.381 e. The van der Waals surface area contributed by atoms with Crippen LogP contribution in [0.3, 0.4) is 0 Å². The summed E-state index contributed by atoms with van der Waals surface area (Å²) in [6, 6.07) is 6.56. The van der Waals surface area contributed by atoms with Crippen molar-refractivity contribution in [2.24, 2.45) is 5.92 Å². The number of ether oxygens (including phenoxy) is 1. The molecule has 100 valence electrons. The van der Waals surface area contributed by atoms with Crippen LogP contribution in [-0.2, 0) is 10.1 Å². The van der Waals surface area contributed by atoms with Gasteiger partial charge < -0.3 is 9.64 Å². The molecule has 0 saturated carbocycles. The highest BCUT2D eigenvalue weighted by Crippen LogP contribution is 2.29. The molecule has 0 radical (unpaired) electrons. The van der Waals surface area contributed by atoms with Gasteiger partial charge in [0, 0.05) is 36.6 Å². The summed E-state index contributed by atoms with van der Waals surface area (Å²) >= 11 is 7.15. The molecular weight excluding hydrogens is 358 g/mol. The number of rotatable bonds is 4. The predicted molar refractivity (Wildman–Crippen MR) is 83.6 cm³/mol. The minimum atomic E-state index is 0.756. The van der Waals surface area contributed by atoms with Crippen molar-refractivity contribution < 1.29 is 4.74 Å². The van der Waals surface area contributed by atoms with Gasteiger partial charge in [-0.1, -0.05) is 22.0 Å². The predicted octanol–water partition coefficient (Wildman–Crippen LogP) is 4.21. The summed E-state index contributed by atoms with van der Waals surface area (Å²) in [4.78, 5) is 2.35. The van der Waals surface area contributed by atoms with Crippen molar-refractivity contribution in [3.63, 3.8) is 0 Å². The number of benzene rings is 1. The van der Waals surface area contributed by atoms with E-state index in [1.807, 2.05) is 0 Å². The quantitative estimate of drug-likeness (QED) is 0.730. The normalized spacial score (nSPS) is 16.8. The van der Waals surface area contributed by atoms with Gasteiger partial charge in [0.25, 0.3) is 0 Å². The van der Waals surface area contributed by atoms with E-state index in [1.165, 1.54) is 28.6 Å². The van der Waals surface area contributed by atoms with Crippen molar-refractivity contribution in [1.82, 2.24) is 0 Å². The first kappa shape index (κ1) is 14.4. The van der Waals surface area contributed by atoms with Gasteiger partial charge in [-0.3, -0.25) is 0 Å². The summed E-state index contributed by atoms with van der Waals surface area (Å²) in [7, 11) is 2.17. The zero-order valence-electron chi connectivity index (χ0n) is 10.7. The maximum atomic E-state index is 5.41. The topological polar surface area (TPSA) is 12.5 Å². The molecule has 1 saturated heterocycles. The molecule has 1 fully saturated rings. The van der Waals surface area contributed by atoms with Crippen molar-refractivity contribution in [3.8, 4) is 0 Å². The summed E-state index contributed by atoms with van der Waals surface area (Å²) in [6.45, 7) is 2.94. The zero-order valence-corrected chi connectivity index (χ0v) is 13.8. The van der Waals surface area contributed by atoms with Crippen molar-refractivity contribution in [1.29, 1.82) is 0 Å². The van der Waals surface area contributed by atoms with Crippen molar-refractivity contribution >= 4 is 37.5 Å². The van der Waals surface area contributed by atoms with Gasteiger partial charge in [-0.25, -0.2) is 0 Å². The molecule has 18 heavy (non-hydrogen) atoms. The molecule has 0 N–H and O–H groups in total. The Kier molecular flexibility index (Phi) is 5.52. The van der Waals surface area contributed by atoms with Crippen LogP contribution in [-0.4, -0.2) is 26.8 Å². The lowest BCUT2D eigenvalue weighted by molar-refractivity contribution is 0.0685. The average Bonchev–Trinajstić information content (AvgIpc) is 2.39. The van der Waals surface area contributed by atoms with Gasteiger partial charge in [0.15, 0.2) is 0 Å². The number of nitrogens with zero attached hydrogens (tertiary/aromatic N) is 1. The molecule has 1 heterocycles. The molecule has 1 aliphatic heterocycles. The SMILES string of the molecule is CN(CC1CCOCC1)c1ccc(CBr)cc1Br. The first-order valence-electron chi connectivity index (χ1n) is 6.34. The van der Waals surface area contributed by atoms with E-state index in [9.17, 15) is 0 Å². The number of hydrogen-bond acceptors (Lipinski definition) is 2. The Morgan fingerprint density at radius 3 is 2.67 bits per heavy atom. The monoisotopic (exact) mass is 375 g/mol. The lowest BCUT2D eigenvalue weighted by Crippen LogP contribution is -2.29. The summed E-state index contributed by atoms with van der Waals surface area (Å²) in [5.74, 6) is 0.756. The molecule has 1 aromatic carbocycles. The highest BCUT2D eigenvalue weighted by Gasteiger charge is 2.17. The Hall–Kier alpha value is -0.0600. The van der Waals surface area contributed by atoms with E-state index in [0.717, 1.165) is 31.0 Å². The van der Waals surface area contributed by atoms with Crippen LogP contribution in [0.25, 0.3) is 0 Å². The summed E-state index contributed by atoms with van der Waals surface area (Å²) in [5.41, 5.74) is 2.57. The van der Waals surface area contributed by atoms with E-state index in [2.05, 4.69) is 62.0 Å². The van der Waals surface area contributed by atoms with Gasteiger partial charge in [-0.2, -0.15) is 0 Å². The van der Waals surface area contributed by atoms with Gasteiger partial charge in [0.2, 0.25) is 0 Å². The van der Waals surface area contributed by atoms with E-state index in [1.54, 1.807) is 0 Å². The van der Waals surface area contributed by atoms with E-state index in [4.69, 9.17) is 4.74 Å². The summed E-state index contributed by atoms with van der Waals surface area (Å²) in [5, 5.41) is 0.898. The highest BCUT2D eigenvalue weighted by atomic mass is 79.9. The Morgan fingerprint density at radius 1 is 1.33 bits per heavy atom. The maximum absolute atomic E-state index is 5.41. The Morgan fingerprint density at radius 2 is 2.06 bits per heavy atom. The lowest BCUT2D eigenvalue weighted by Gasteiger charge is -2.29. The van der Waals surface area contributed by atoms with Gasteiger partial charge in [0.05, 0.1) is 5.69 Å². The van der Waals surface area contributed by atoms with Crippen LogP contribution in [0.4, 0.5) is 5.69 Å². The van der Waals surface area contributed by atoms with Crippen LogP contribution in [0.5, 0.6) is 0 Å². The standard InChI is InChI=1S/C14H19Br2NO/c1-17(10-11-4-6-18-7-5-11)14-3-2-12(9-15)8-13(14)16/h2-3,8,11H,4-7,9-10H2,1H3. The smallest absolute Gasteiger partial charge is 0.0508 e. The third-order valence-corrected chi connectivity index (χ3v) is 4.73. The van der Waals surface area contributed by atoms with Gasteiger partial charge in [-0.05, 0) is 52.4 Å². The van der Waals surface area contributed by atoms with Crippen LogP contribution in [0.15, 0.2) is 22.7 Å². The molecule has 0 aliphatic carbocycles. The molecule has 0 unspecified atom stereocenters. The molecule has 0 amide bonds. The van der Waals surface area contributed by atoms with Gasteiger partial charge >= 0.3 is 0 Å². The fraction of sp³-hybridized carbons (Fsp3) is 0.571. The molecule has 0 bridgehead atoms. The Bertz CT molecular complexity index is 391. The average molecular weight is 377 g/mol. The number of anilines is 1. The summed E-state index contributed by atoms with van der Waals surface area (Å²) < 4.78 is 6.58. The van der Waals surface area contributed by atoms with Crippen LogP contribution in [0, 0.1) is 5.92 Å². The minimum absolute atomic E-state index is 0.756. The molecule has 1 aliphatic rings. The first-order valence-corrected chi connectivity index (χ1v) is 8.25. The van der Waals surface area contributed by atoms with Crippen LogP contribution < -0.4 is 4.90 Å². The van der Waals surface area contributed by atoms with Crippen molar-refractivity contribution in [2.75, 3.05) is 31.7 Å². The fourth-order valence-corrected chi connectivity index (χ4v) is 3.44. The second kappa shape index (κ2) is 6.92. The molecule has 0 spiro atoms. The zero-order chi connectivity index (χ0) is 13.0. The Labute approximate surface area is 126 Å². The molecular formula is C14H19Br2NO. The largest absolute Gasteiger partial charge is 0.381 e. The highest BCUT2D eigenvalue weighted by molar-refractivity contribution is 9.10. The molecule has 2 nitrogen and oxygen atoms in total. The second-order valence-electron chi connectivity index (χ2n) is 4.86. The Balaban J connectivity index is 2.01. The summed E-state index contributed by atoms with van der Waals surface area (Å²) in [6.07, 6.45) is 2.36. The van der Waals surface area contributed by atoms with Gasteiger partial charge in [0.1, 0.15) is 0 Å². The van der Waals surface area contributed by atoms with Crippen molar-refractivity contribution in [3.05, 3.63) is 28.2 Å². The van der Waals surface area contributed by atoms with Gasteiger partial charge in [-0.15, -0.1) is 0 Å². The number of hydrogen-bond donors (Lipinski definition) is 0. The lowest BCUT2D eigenvalue weighted by atomic mass is 9.99. The number of halogens is 2. The maximum Gasteiger partial charge on any atom is 0.0508 e. The van der Waals surface area contributed by atoms with E-state index < -0.39 is 0 Å². The third kappa shape index (κ3) is 3.72. The molecule has 2 rings (SSSR count). The molecule has 4 heteroatoms. The molecule has 0 aromatic heterocycles. The first-order chi connectivity index (χ1) is 8.70. The van der Waals surface area contributed by atoms with E-state index >= 15 is 0 Å². The van der Waals surface area contributed by atoms with Crippen LogP contribution >= 0.6 is 31.9 Å². The molecule has 1 aromatic rings. The number of alkyl halides is 1. The molecule has 0 atom stereocenters. The van der Waals surface area contributed by atoms with Crippen LogP contribution in [0.2, 0.25) is 0 Å².